The van der Waals surface area contributed by atoms with Crippen molar-refractivity contribution in [3.8, 4) is 0 Å². The Kier molecular flexibility index (Phi) is 5.25. The zero-order chi connectivity index (χ0) is 18.0. The van der Waals surface area contributed by atoms with Gasteiger partial charge in [-0.15, -0.1) is 0 Å². The van der Waals surface area contributed by atoms with Gasteiger partial charge in [0.25, 0.3) is 0 Å². The summed E-state index contributed by atoms with van der Waals surface area (Å²) in [7, 11) is 0. The zero-order valence-electron chi connectivity index (χ0n) is 13.8. The van der Waals surface area contributed by atoms with Crippen molar-refractivity contribution in [2.24, 2.45) is 11.1 Å². The van der Waals surface area contributed by atoms with Crippen LogP contribution in [-0.4, -0.2) is 23.2 Å². The van der Waals surface area contributed by atoms with Crippen molar-refractivity contribution < 1.29 is 9.63 Å². The van der Waals surface area contributed by atoms with Gasteiger partial charge in [0.2, 0.25) is 5.91 Å². The van der Waals surface area contributed by atoms with E-state index in [-0.39, 0.29) is 18.2 Å². The average Bonchev–Trinajstić information content (AvgIpc) is 3.01. The van der Waals surface area contributed by atoms with Crippen molar-refractivity contribution >= 4 is 40.5 Å². The van der Waals surface area contributed by atoms with E-state index in [4.69, 9.17) is 28.0 Å². The first-order chi connectivity index (χ1) is 11.9. The molecule has 7 heteroatoms. The van der Waals surface area contributed by atoms with E-state index in [9.17, 15) is 4.79 Å². The van der Waals surface area contributed by atoms with E-state index in [0.29, 0.717) is 28.1 Å². The molecule has 1 aliphatic heterocycles. The van der Waals surface area contributed by atoms with Crippen LogP contribution in [0.15, 0.2) is 35.5 Å². The molecule has 130 valence electrons. The van der Waals surface area contributed by atoms with Gasteiger partial charge in [-0.25, -0.2) is 0 Å². The fourth-order valence-electron chi connectivity index (χ4n) is 2.69. The Balaban J connectivity index is 1.70. The van der Waals surface area contributed by atoms with Gasteiger partial charge in [0.05, 0.1) is 33.1 Å². The molecule has 1 aliphatic rings. The summed E-state index contributed by atoms with van der Waals surface area (Å²) in [5.41, 5.74) is 3.91. The minimum absolute atomic E-state index is 0.114. The van der Waals surface area contributed by atoms with Crippen LogP contribution in [0, 0.1) is 19.8 Å². The fraction of sp³-hybridized carbons (Fsp3) is 0.278. The van der Waals surface area contributed by atoms with Crippen molar-refractivity contribution in [1.82, 2.24) is 4.98 Å². The number of carbonyl (C=O) groups is 1. The molecule has 1 N–H and O–H groups in total. The van der Waals surface area contributed by atoms with Crippen LogP contribution in [0.3, 0.4) is 0 Å². The predicted octanol–water partition coefficient (Wildman–Crippen LogP) is 4.38. The van der Waals surface area contributed by atoms with Crippen LogP contribution in [0.4, 0.5) is 5.69 Å². The number of hydrogen-bond donors (Lipinski definition) is 1. The third kappa shape index (κ3) is 4.11. The van der Waals surface area contributed by atoms with Crippen LogP contribution < -0.4 is 5.32 Å². The molecule has 2 aromatic rings. The van der Waals surface area contributed by atoms with Gasteiger partial charge in [0.15, 0.2) is 0 Å². The molecule has 5 nitrogen and oxygen atoms in total. The molecule has 1 aromatic heterocycles. The molecule has 0 spiro atoms. The van der Waals surface area contributed by atoms with Gasteiger partial charge in [-0.2, -0.15) is 0 Å². The number of anilines is 1. The molecule has 0 saturated carbocycles. The SMILES string of the molecule is Cc1ccc(NC(=O)CC2CON=C2c2ccc(Cl)c(Cl)c2)c(C)n1. The second-order valence-corrected chi connectivity index (χ2v) is 6.75. The van der Waals surface area contributed by atoms with Crippen molar-refractivity contribution in [3.05, 3.63) is 57.3 Å². The second kappa shape index (κ2) is 7.42. The lowest BCUT2D eigenvalue weighted by molar-refractivity contribution is -0.116. The highest BCUT2D eigenvalue weighted by molar-refractivity contribution is 6.42. The summed E-state index contributed by atoms with van der Waals surface area (Å²) in [6.45, 7) is 4.13. The maximum atomic E-state index is 12.4. The summed E-state index contributed by atoms with van der Waals surface area (Å²) in [4.78, 5) is 22.0. The second-order valence-electron chi connectivity index (χ2n) is 5.94. The predicted molar refractivity (Wildman–Crippen MR) is 99.4 cm³/mol. The maximum absolute atomic E-state index is 12.4. The molecular weight excluding hydrogens is 361 g/mol. The Morgan fingerprint density at radius 2 is 2.04 bits per heavy atom. The zero-order valence-corrected chi connectivity index (χ0v) is 15.4. The number of amides is 1. The van der Waals surface area contributed by atoms with Gasteiger partial charge < -0.3 is 10.2 Å². The number of carbonyl (C=O) groups excluding carboxylic acids is 1. The lowest BCUT2D eigenvalue weighted by Gasteiger charge is -2.13. The molecule has 1 aromatic carbocycles. The Morgan fingerprint density at radius 1 is 1.24 bits per heavy atom. The normalized spacial score (nSPS) is 16.3. The molecule has 25 heavy (non-hydrogen) atoms. The quantitative estimate of drug-likeness (QED) is 0.859. The van der Waals surface area contributed by atoms with Gasteiger partial charge in [-0.3, -0.25) is 9.78 Å². The van der Waals surface area contributed by atoms with Crippen LogP contribution in [0.5, 0.6) is 0 Å². The molecule has 0 saturated heterocycles. The average molecular weight is 378 g/mol. The highest BCUT2D eigenvalue weighted by Crippen LogP contribution is 2.27. The molecule has 2 heterocycles. The lowest BCUT2D eigenvalue weighted by Crippen LogP contribution is -2.23. The van der Waals surface area contributed by atoms with Crippen LogP contribution in [0.2, 0.25) is 10.0 Å². The third-order valence-corrected chi connectivity index (χ3v) is 4.71. The van der Waals surface area contributed by atoms with Gasteiger partial charge >= 0.3 is 0 Å². The van der Waals surface area contributed by atoms with Crippen molar-refractivity contribution in [1.29, 1.82) is 0 Å². The highest BCUT2D eigenvalue weighted by atomic mass is 35.5. The van der Waals surface area contributed by atoms with Crippen molar-refractivity contribution in [2.75, 3.05) is 11.9 Å². The maximum Gasteiger partial charge on any atom is 0.225 e. The van der Waals surface area contributed by atoms with E-state index in [2.05, 4.69) is 15.5 Å². The number of aromatic nitrogens is 1. The number of pyridine rings is 1. The molecule has 3 rings (SSSR count). The Morgan fingerprint density at radius 3 is 2.76 bits per heavy atom. The Hall–Kier alpha value is -2.11. The first-order valence-corrected chi connectivity index (χ1v) is 8.59. The third-order valence-electron chi connectivity index (χ3n) is 3.97. The molecule has 0 aliphatic carbocycles. The largest absolute Gasteiger partial charge is 0.395 e. The van der Waals surface area contributed by atoms with Gasteiger partial charge in [-0.05, 0) is 38.1 Å². The van der Waals surface area contributed by atoms with Gasteiger partial charge in [0.1, 0.15) is 6.61 Å². The van der Waals surface area contributed by atoms with Gasteiger partial charge in [-0.1, -0.05) is 34.4 Å². The number of rotatable bonds is 4. The highest BCUT2D eigenvalue weighted by Gasteiger charge is 2.27. The first kappa shape index (κ1) is 17.7. The van der Waals surface area contributed by atoms with Crippen LogP contribution in [0.25, 0.3) is 0 Å². The Labute approximate surface area is 156 Å². The summed E-state index contributed by atoms with van der Waals surface area (Å²) in [5, 5.41) is 7.88. The smallest absolute Gasteiger partial charge is 0.225 e. The van der Waals surface area contributed by atoms with Crippen molar-refractivity contribution in [2.45, 2.75) is 20.3 Å². The van der Waals surface area contributed by atoms with E-state index in [1.807, 2.05) is 32.0 Å². The molecule has 0 fully saturated rings. The van der Waals surface area contributed by atoms with Crippen LogP contribution in [-0.2, 0) is 9.63 Å². The van der Waals surface area contributed by atoms with E-state index in [1.165, 1.54) is 0 Å². The van der Waals surface area contributed by atoms with E-state index < -0.39 is 0 Å². The minimum Gasteiger partial charge on any atom is -0.395 e. The monoisotopic (exact) mass is 377 g/mol. The Bertz CT molecular complexity index is 852. The summed E-state index contributed by atoms with van der Waals surface area (Å²) < 4.78 is 0. The van der Waals surface area contributed by atoms with Crippen LogP contribution in [0.1, 0.15) is 23.4 Å². The topological polar surface area (TPSA) is 63.6 Å². The first-order valence-electron chi connectivity index (χ1n) is 7.83. The molecular formula is C18H17Cl2N3O2. The number of hydrogen-bond acceptors (Lipinski definition) is 4. The number of nitrogens with zero attached hydrogens (tertiary/aromatic N) is 2. The molecule has 0 radical (unpaired) electrons. The number of benzene rings is 1. The number of oxime groups is 1. The van der Waals surface area contributed by atoms with Gasteiger partial charge in [0, 0.05) is 17.7 Å². The van der Waals surface area contributed by atoms with E-state index in [1.54, 1.807) is 12.1 Å². The number of halogens is 2. The van der Waals surface area contributed by atoms with E-state index in [0.717, 1.165) is 17.0 Å². The fourth-order valence-corrected chi connectivity index (χ4v) is 2.99. The standard InChI is InChI=1S/C18H17Cl2N3O2/c1-10-3-6-16(11(2)21-10)22-17(24)8-13-9-25-23-18(13)12-4-5-14(19)15(20)7-12/h3-7,13H,8-9H2,1-2H3,(H,22,24). The molecule has 1 atom stereocenters. The van der Waals surface area contributed by atoms with Crippen molar-refractivity contribution in [3.63, 3.8) is 0 Å². The summed E-state index contributed by atoms with van der Waals surface area (Å²) >= 11 is 12.0. The summed E-state index contributed by atoms with van der Waals surface area (Å²) in [6, 6.07) is 8.98. The molecule has 1 amide bonds. The lowest BCUT2D eigenvalue weighted by atomic mass is 9.94. The summed E-state index contributed by atoms with van der Waals surface area (Å²) in [5.74, 6) is -0.257. The minimum atomic E-state index is -0.143. The number of aryl methyl sites for hydroxylation is 2. The molecule has 1 unspecified atom stereocenters. The van der Waals surface area contributed by atoms with E-state index >= 15 is 0 Å². The number of nitrogens with one attached hydrogen (secondary N) is 1. The molecule has 0 bridgehead atoms. The summed E-state index contributed by atoms with van der Waals surface area (Å²) in [6.07, 6.45) is 0.256. The van der Waals surface area contributed by atoms with Crippen LogP contribution >= 0.6 is 23.2 Å².